The average Bonchev–Trinajstić information content (AvgIpc) is 2.46. The summed E-state index contributed by atoms with van der Waals surface area (Å²) in [6, 6.07) is 2.11. The molecule has 0 saturated heterocycles. The lowest BCUT2D eigenvalue weighted by atomic mass is 10.0. The Balaban J connectivity index is 2.84. The van der Waals surface area contributed by atoms with Crippen molar-refractivity contribution in [1.29, 1.82) is 0 Å². The van der Waals surface area contributed by atoms with Gasteiger partial charge in [0.05, 0.1) is 3.79 Å². The van der Waals surface area contributed by atoms with Crippen molar-refractivity contribution < 1.29 is 0 Å². The summed E-state index contributed by atoms with van der Waals surface area (Å²) < 4.78 is 1.16. The molecule has 1 heterocycles. The monoisotopic (exact) mass is 278 g/mol. The van der Waals surface area contributed by atoms with E-state index in [4.69, 9.17) is 11.6 Å². The summed E-state index contributed by atoms with van der Waals surface area (Å²) in [4.78, 5) is 0. The van der Waals surface area contributed by atoms with Crippen molar-refractivity contribution in [2.24, 2.45) is 5.92 Å². The van der Waals surface area contributed by atoms with E-state index < -0.39 is 0 Å². The molecule has 0 bridgehead atoms. The van der Waals surface area contributed by atoms with Crippen LogP contribution >= 0.6 is 38.9 Å². The summed E-state index contributed by atoms with van der Waals surface area (Å²) in [6.07, 6.45) is 2.17. The summed E-state index contributed by atoms with van der Waals surface area (Å²) >= 11 is 11.0. The van der Waals surface area contributed by atoms with E-state index in [1.165, 1.54) is 11.1 Å². The normalized spacial score (nSPS) is 12.5. The maximum Gasteiger partial charge on any atom is 0.0704 e. The molecule has 0 saturated carbocycles. The number of alkyl halides is 1. The zero-order chi connectivity index (χ0) is 9.84. The Morgan fingerprint density at radius 2 is 2.38 bits per heavy atom. The van der Waals surface area contributed by atoms with E-state index in [9.17, 15) is 0 Å². The lowest BCUT2D eigenvalue weighted by molar-refractivity contribution is 0.778. The minimum Gasteiger partial charge on any atom is -0.136 e. The van der Waals surface area contributed by atoms with Crippen LogP contribution in [0.2, 0.25) is 0 Å². The van der Waals surface area contributed by atoms with Crippen LogP contribution < -0.4 is 0 Å². The van der Waals surface area contributed by atoms with Gasteiger partial charge in [0, 0.05) is 5.88 Å². The van der Waals surface area contributed by atoms with Crippen LogP contribution in [0.25, 0.3) is 6.08 Å². The Kier molecular flexibility index (Phi) is 4.50. The van der Waals surface area contributed by atoms with Gasteiger partial charge in [-0.25, -0.2) is 0 Å². The molecule has 0 unspecified atom stereocenters. The highest BCUT2D eigenvalue weighted by Gasteiger charge is 2.02. The third-order valence-corrected chi connectivity index (χ3v) is 3.67. The van der Waals surface area contributed by atoms with Gasteiger partial charge in [-0.15, -0.1) is 22.9 Å². The van der Waals surface area contributed by atoms with E-state index in [2.05, 4.69) is 47.3 Å². The van der Waals surface area contributed by atoms with Crippen LogP contribution in [0.4, 0.5) is 0 Å². The minimum atomic E-state index is 0.524. The van der Waals surface area contributed by atoms with E-state index in [1.807, 2.05) is 0 Å². The fraction of sp³-hybridized carbons (Fsp3) is 0.400. The molecule has 0 amide bonds. The van der Waals surface area contributed by atoms with Gasteiger partial charge in [0.15, 0.2) is 0 Å². The van der Waals surface area contributed by atoms with E-state index in [0.29, 0.717) is 11.8 Å². The second-order valence-corrected chi connectivity index (χ2v) is 5.75. The molecular weight excluding hydrogens is 268 g/mol. The first kappa shape index (κ1) is 11.3. The van der Waals surface area contributed by atoms with Crippen molar-refractivity contribution in [3.8, 4) is 0 Å². The van der Waals surface area contributed by atoms with Gasteiger partial charge in [0.1, 0.15) is 0 Å². The fourth-order valence-electron chi connectivity index (χ4n) is 0.973. The van der Waals surface area contributed by atoms with Gasteiger partial charge < -0.3 is 0 Å². The molecular formula is C10H12BrClS. The summed E-state index contributed by atoms with van der Waals surface area (Å²) in [5, 5.41) is 2.12. The van der Waals surface area contributed by atoms with E-state index in [0.717, 1.165) is 3.79 Å². The smallest absolute Gasteiger partial charge is 0.0704 e. The largest absolute Gasteiger partial charge is 0.136 e. The molecule has 3 heteroatoms. The van der Waals surface area contributed by atoms with Crippen LogP contribution in [0.5, 0.6) is 0 Å². The highest BCUT2D eigenvalue weighted by molar-refractivity contribution is 9.11. The first-order valence-electron chi connectivity index (χ1n) is 4.14. The SMILES string of the molecule is CC(C)/C(=C/c1csc(Br)c1)CCl. The molecule has 72 valence electrons. The topological polar surface area (TPSA) is 0 Å². The van der Waals surface area contributed by atoms with Crippen LogP contribution in [0, 0.1) is 5.92 Å². The molecule has 0 spiro atoms. The van der Waals surface area contributed by atoms with Crippen molar-refractivity contribution >= 4 is 44.9 Å². The van der Waals surface area contributed by atoms with E-state index in [-0.39, 0.29) is 0 Å². The molecule has 13 heavy (non-hydrogen) atoms. The minimum absolute atomic E-state index is 0.524. The number of allylic oxidation sites excluding steroid dienone is 1. The molecule has 1 aromatic rings. The highest BCUT2D eigenvalue weighted by atomic mass is 79.9. The second-order valence-electron chi connectivity index (χ2n) is 3.19. The third kappa shape index (κ3) is 3.45. The summed E-state index contributed by atoms with van der Waals surface area (Å²) in [7, 11) is 0. The summed E-state index contributed by atoms with van der Waals surface area (Å²) in [5.74, 6) is 1.14. The molecule has 0 aliphatic rings. The molecule has 1 rings (SSSR count). The summed E-state index contributed by atoms with van der Waals surface area (Å²) in [6.45, 7) is 4.32. The van der Waals surface area contributed by atoms with Crippen LogP contribution in [0.15, 0.2) is 20.8 Å². The number of halogens is 2. The Labute approximate surface area is 96.7 Å². The maximum absolute atomic E-state index is 5.84. The predicted octanol–water partition coefficient (Wildman–Crippen LogP) is 4.79. The molecule has 0 radical (unpaired) electrons. The Morgan fingerprint density at radius 3 is 2.77 bits per heavy atom. The van der Waals surface area contributed by atoms with Gasteiger partial charge >= 0.3 is 0 Å². The van der Waals surface area contributed by atoms with Crippen molar-refractivity contribution in [3.05, 3.63) is 26.4 Å². The van der Waals surface area contributed by atoms with Crippen molar-refractivity contribution in [2.45, 2.75) is 13.8 Å². The summed E-state index contributed by atoms with van der Waals surface area (Å²) in [5.41, 5.74) is 2.52. The van der Waals surface area contributed by atoms with Gasteiger partial charge in [-0.2, -0.15) is 0 Å². The fourth-order valence-corrected chi connectivity index (χ4v) is 2.49. The zero-order valence-electron chi connectivity index (χ0n) is 7.68. The van der Waals surface area contributed by atoms with Crippen molar-refractivity contribution in [1.82, 2.24) is 0 Å². The van der Waals surface area contributed by atoms with Gasteiger partial charge in [0.25, 0.3) is 0 Å². The molecule has 0 aromatic carbocycles. The van der Waals surface area contributed by atoms with E-state index in [1.54, 1.807) is 11.3 Å². The Hall–Kier alpha value is 0.210. The first-order valence-corrected chi connectivity index (χ1v) is 6.34. The molecule has 0 N–H and O–H groups in total. The molecule has 0 atom stereocenters. The zero-order valence-corrected chi connectivity index (χ0v) is 10.8. The number of hydrogen-bond acceptors (Lipinski definition) is 1. The van der Waals surface area contributed by atoms with Crippen molar-refractivity contribution in [2.75, 3.05) is 5.88 Å². The van der Waals surface area contributed by atoms with Gasteiger partial charge in [-0.3, -0.25) is 0 Å². The molecule has 1 aromatic heterocycles. The number of thiophene rings is 1. The lowest BCUT2D eigenvalue weighted by Gasteiger charge is -2.06. The molecule has 0 fully saturated rings. The van der Waals surface area contributed by atoms with Crippen LogP contribution in [0.1, 0.15) is 19.4 Å². The molecule has 0 aliphatic heterocycles. The van der Waals surface area contributed by atoms with Gasteiger partial charge in [-0.1, -0.05) is 25.5 Å². The van der Waals surface area contributed by atoms with Crippen LogP contribution in [-0.2, 0) is 0 Å². The Morgan fingerprint density at radius 1 is 1.69 bits per heavy atom. The first-order chi connectivity index (χ1) is 6.13. The standard InChI is InChI=1S/C10H12BrClS/c1-7(2)9(5-12)3-8-4-10(11)13-6-8/h3-4,6-7H,5H2,1-2H3/b9-3+. The van der Waals surface area contributed by atoms with E-state index >= 15 is 0 Å². The van der Waals surface area contributed by atoms with Crippen LogP contribution in [0.3, 0.4) is 0 Å². The molecule has 0 nitrogen and oxygen atoms in total. The lowest BCUT2D eigenvalue weighted by Crippen LogP contribution is -1.94. The predicted molar refractivity (Wildman–Crippen MR) is 65.6 cm³/mol. The number of hydrogen-bond donors (Lipinski definition) is 0. The van der Waals surface area contributed by atoms with Crippen molar-refractivity contribution in [3.63, 3.8) is 0 Å². The average molecular weight is 280 g/mol. The van der Waals surface area contributed by atoms with Gasteiger partial charge in [0.2, 0.25) is 0 Å². The highest BCUT2D eigenvalue weighted by Crippen LogP contribution is 2.24. The van der Waals surface area contributed by atoms with Gasteiger partial charge in [-0.05, 0) is 38.9 Å². The molecule has 0 aliphatic carbocycles. The Bertz CT molecular complexity index is 302. The number of rotatable bonds is 3. The second kappa shape index (κ2) is 5.18. The van der Waals surface area contributed by atoms with Crippen LogP contribution in [-0.4, -0.2) is 5.88 Å². The quantitative estimate of drug-likeness (QED) is 0.698. The third-order valence-electron chi connectivity index (χ3n) is 1.84. The maximum atomic E-state index is 5.84.